The van der Waals surface area contributed by atoms with Gasteiger partial charge >= 0.3 is 0 Å². The first-order valence-corrected chi connectivity index (χ1v) is 3.89. The predicted molar refractivity (Wildman–Crippen MR) is 46.8 cm³/mol. The number of nitrogens with two attached hydrogens (primary N) is 1. The van der Waals surface area contributed by atoms with Gasteiger partial charge in [0.1, 0.15) is 0 Å². The maximum atomic E-state index is 5.37. The summed E-state index contributed by atoms with van der Waals surface area (Å²) in [4.78, 5) is 0. The topological polar surface area (TPSA) is 38.0 Å². The lowest BCUT2D eigenvalue weighted by atomic mass is 10.1. The lowest BCUT2D eigenvalue weighted by molar-refractivity contribution is 0.539. The van der Waals surface area contributed by atoms with Crippen molar-refractivity contribution in [3.05, 3.63) is 35.9 Å². The molecule has 1 atom stereocenters. The van der Waals surface area contributed by atoms with Crippen LogP contribution in [0.1, 0.15) is 24.9 Å². The van der Waals surface area contributed by atoms with Gasteiger partial charge in [-0.1, -0.05) is 37.3 Å². The fourth-order valence-corrected chi connectivity index (χ4v) is 1.14. The first-order valence-electron chi connectivity index (χ1n) is 3.89. The fourth-order valence-electron chi connectivity index (χ4n) is 1.14. The quantitative estimate of drug-likeness (QED) is 0.507. The first kappa shape index (κ1) is 8.24. The van der Waals surface area contributed by atoms with E-state index in [0.717, 1.165) is 6.42 Å². The van der Waals surface area contributed by atoms with Gasteiger partial charge in [0.05, 0.1) is 0 Å². The summed E-state index contributed by atoms with van der Waals surface area (Å²) in [6.45, 7) is 2.11. The molecule has 0 bridgehead atoms. The molecule has 0 fully saturated rings. The number of nitrogens with one attached hydrogen (secondary N) is 1. The highest BCUT2D eigenvalue weighted by molar-refractivity contribution is 5.18. The van der Waals surface area contributed by atoms with E-state index in [1.165, 1.54) is 5.56 Å². The van der Waals surface area contributed by atoms with Gasteiger partial charge in [-0.15, -0.1) is 0 Å². The van der Waals surface area contributed by atoms with Gasteiger partial charge in [0.15, 0.2) is 0 Å². The second-order valence-electron chi connectivity index (χ2n) is 2.54. The third-order valence-corrected chi connectivity index (χ3v) is 1.81. The Hall–Kier alpha value is -0.860. The van der Waals surface area contributed by atoms with Crippen LogP contribution >= 0.6 is 0 Å². The normalized spacial score (nSPS) is 12.9. The maximum absolute atomic E-state index is 5.37. The van der Waals surface area contributed by atoms with Crippen molar-refractivity contribution in [1.29, 1.82) is 0 Å². The van der Waals surface area contributed by atoms with Crippen molar-refractivity contribution in [3.8, 4) is 0 Å². The SMILES string of the molecule is CCC(NN)c1ccccc1. The van der Waals surface area contributed by atoms with Gasteiger partial charge < -0.3 is 0 Å². The molecule has 0 heterocycles. The number of hydrogen-bond acceptors (Lipinski definition) is 2. The smallest absolute Gasteiger partial charge is 0.0457 e. The van der Waals surface area contributed by atoms with Gasteiger partial charge in [-0.2, -0.15) is 0 Å². The van der Waals surface area contributed by atoms with Gasteiger partial charge in [0.2, 0.25) is 0 Å². The minimum Gasteiger partial charge on any atom is -0.271 e. The number of hydrazine groups is 1. The van der Waals surface area contributed by atoms with Gasteiger partial charge in [0.25, 0.3) is 0 Å². The largest absolute Gasteiger partial charge is 0.271 e. The molecule has 0 radical (unpaired) electrons. The molecule has 1 aromatic carbocycles. The Morgan fingerprint density at radius 1 is 1.36 bits per heavy atom. The van der Waals surface area contributed by atoms with Crippen LogP contribution < -0.4 is 11.3 Å². The fraction of sp³-hybridized carbons (Fsp3) is 0.333. The van der Waals surface area contributed by atoms with Crippen LogP contribution in [0.15, 0.2) is 30.3 Å². The van der Waals surface area contributed by atoms with E-state index in [1.807, 2.05) is 18.2 Å². The summed E-state index contributed by atoms with van der Waals surface area (Å²) < 4.78 is 0. The number of rotatable bonds is 3. The summed E-state index contributed by atoms with van der Waals surface area (Å²) in [6.07, 6.45) is 1.01. The minimum absolute atomic E-state index is 0.288. The summed E-state index contributed by atoms with van der Waals surface area (Å²) in [5.74, 6) is 5.37. The molecule has 0 saturated heterocycles. The Morgan fingerprint density at radius 3 is 2.45 bits per heavy atom. The van der Waals surface area contributed by atoms with Crippen molar-refractivity contribution in [2.24, 2.45) is 5.84 Å². The average molecular weight is 150 g/mol. The van der Waals surface area contributed by atoms with Crippen molar-refractivity contribution >= 4 is 0 Å². The summed E-state index contributed by atoms with van der Waals surface area (Å²) in [6, 6.07) is 10.5. The first-order chi connectivity index (χ1) is 5.38. The Labute approximate surface area is 67.4 Å². The zero-order chi connectivity index (χ0) is 8.10. The molecule has 11 heavy (non-hydrogen) atoms. The number of benzene rings is 1. The zero-order valence-electron chi connectivity index (χ0n) is 6.75. The molecule has 2 nitrogen and oxygen atoms in total. The maximum Gasteiger partial charge on any atom is 0.0457 e. The number of hydrogen-bond donors (Lipinski definition) is 2. The molecule has 1 unspecified atom stereocenters. The Balaban J connectivity index is 2.74. The third-order valence-electron chi connectivity index (χ3n) is 1.81. The van der Waals surface area contributed by atoms with Crippen LogP contribution in [0.3, 0.4) is 0 Å². The predicted octanol–water partition coefficient (Wildman–Crippen LogP) is 1.60. The Bertz CT molecular complexity index is 192. The van der Waals surface area contributed by atoms with Crippen molar-refractivity contribution in [2.75, 3.05) is 0 Å². The molecule has 1 rings (SSSR count). The van der Waals surface area contributed by atoms with Crippen LogP contribution in [0, 0.1) is 0 Å². The second-order valence-corrected chi connectivity index (χ2v) is 2.54. The van der Waals surface area contributed by atoms with Crippen LogP contribution in [-0.2, 0) is 0 Å². The van der Waals surface area contributed by atoms with E-state index in [9.17, 15) is 0 Å². The van der Waals surface area contributed by atoms with Crippen molar-refractivity contribution in [2.45, 2.75) is 19.4 Å². The van der Waals surface area contributed by atoms with Crippen molar-refractivity contribution < 1.29 is 0 Å². The second kappa shape index (κ2) is 4.11. The van der Waals surface area contributed by atoms with E-state index >= 15 is 0 Å². The van der Waals surface area contributed by atoms with Gasteiger partial charge in [-0.25, -0.2) is 0 Å². The van der Waals surface area contributed by atoms with Crippen LogP contribution in [0.5, 0.6) is 0 Å². The molecule has 0 saturated carbocycles. The van der Waals surface area contributed by atoms with E-state index < -0.39 is 0 Å². The van der Waals surface area contributed by atoms with Crippen molar-refractivity contribution in [1.82, 2.24) is 5.43 Å². The average Bonchev–Trinajstić information content (AvgIpc) is 2.09. The summed E-state index contributed by atoms with van der Waals surface area (Å²) in [5.41, 5.74) is 4.02. The highest BCUT2D eigenvalue weighted by Crippen LogP contribution is 2.13. The van der Waals surface area contributed by atoms with Crippen molar-refractivity contribution in [3.63, 3.8) is 0 Å². The van der Waals surface area contributed by atoms with E-state index in [1.54, 1.807) is 0 Å². The molecule has 0 aromatic heterocycles. The third kappa shape index (κ3) is 2.03. The molecule has 60 valence electrons. The van der Waals surface area contributed by atoms with Gasteiger partial charge in [-0.3, -0.25) is 11.3 Å². The Morgan fingerprint density at radius 2 is 2.00 bits per heavy atom. The lowest BCUT2D eigenvalue weighted by Gasteiger charge is -2.12. The molecular weight excluding hydrogens is 136 g/mol. The van der Waals surface area contributed by atoms with E-state index in [0.29, 0.717) is 0 Å². The van der Waals surface area contributed by atoms with Gasteiger partial charge in [0, 0.05) is 6.04 Å². The Kier molecular flexibility index (Phi) is 3.08. The molecule has 0 aliphatic carbocycles. The van der Waals surface area contributed by atoms with Crippen LogP contribution in [-0.4, -0.2) is 0 Å². The minimum atomic E-state index is 0.288. The monoisotopic (exact) mass is 150 g/mol. The summed E-state index contributed by atoms with van der Waals surface area (Å²) in [7, 11) is 0. The molecule has 0 aliphatic heterocycles. The summed E-state index contributed by atoms with van der Waals surface area (Å²) >= 11 is 0. The molecule has 2 heteroatoms. The molecule has 0 amide bonds. The molecule has 1 aromatic rings. The molecule has 3 N–H and O–H groups in total. The van der Waals surface area contributed by atoms with E-state index in [2.05, 4.69) is 24.5 Å². The summed E-state index contributed by atoms with van der Waals surface area (Å²) in [5, 5.41) is 0. The molecule has 0 aliphatic rings. The van der Waals surface area contributed by atoms with E-state index in [4.69, 9.17) is 5.84 Å². The standard InChI is InChI=1S/C9H14N2/c1-2-9(11-10)8-6-4-3-5-7-8/h3-7,9,11H,2,10H2,1H3. The lowest BCUT2D eigenvalue weighted by Crippen LogP contribution is -2.27. The van der Waals surface area contributed by atoms with Crippen LogP contribution in [0.4, 0.5) is 0 Å². The molecule has 0 spiro atoms. The molecular formula is C9H14N2. The van der Waals surface area contributed by atoms with Crippen LogP contribution in [0.2, 0.25) is 0 Å². The highest BCUT2D eigenvalue weighted by Gasteiger charge is 2.03. The highest BCUT2D eigenvalue weighted by atomic mass is 15.2. The van der Waals surface area contributed by atoms with Gasteiger partial charge in [-0.05, 0) is 12.0 Å². The zero-order valence-corrected chi connectivity index (χ0v) is 6.75. The van der Waals surface area contributed by atoms with Crippen LogP contribution in [0.25, 0.3) is 0 Å². The van der Waals surface area contributed by atoms with E-state index in [-0.39, 0.29) is 6.04 Å².